The number of aliphatic carboxylic acids is 1. The lowest BCUT2D eigenvalue weighted by Crippen LogP contribution is -2.48. The van der Waals surface area contributed by atoms with E-state index < -0.39 is 30.1 Å². The van der Waals surface area contributed by atoms with E-state index in [0.717, 1.165) is 0 Å². The monoisotopic (exact) mass is 294 g/mol. The summed E-state index contributed by atoms with van der Waals surface area (Å²) in [6, 6.07) is 6.76. The standard InChI is InChI=1S/C15H22N2O4/c1-9(2)8-11(15(20)21)17-14(19)13(18)12(16)10-6-4-3-5-7-10/h3-7,9,11-13,18H,8,16H2,1-2H3,(H,17,19)(H,20,21)/t11-,12+,13-/m0/s1. The molecule has 21 heavy (non-hydrogen) atoms. The largest absolute Gasteiger partial charge is 0.480 e. The van der Waals surface area contributed by atoms with Gasteiger partial charge in [0.2, 0.25) is 0 Å². The Bertz CT molecular complexity index is 476. The number of carboxylic acids is 1. The van der Waals surface area contributed by atoms with Crippen LogP contribution in [0.4, 0.5) is 0 Å². The molecule has 3 atom stereocenters. The third-order valence-corrected chi connectivity index (χ3v) is 3.11. The number of carbonyl (C=O) groups is 2. The first-order valence-electron chi connectivity index (χ1n) is 6.84. The number of hydrogen-bond acceptors (Lipinski definition) is 4. The Balaban J connectivity index is 2.71. The van der Waals surface area contributed by atoms with E-state index in [-0.39, 0.29) is 12.3 Å². The van der Waals surface area contributed by atoms with Crippen molar-refractivity contribution in [2.24, 2.45) is 11.7 Å². The average molecular weight is 294 g/mol. The van der Waals surface area contributed by atoms with Gasteiger partial charge >= 0.3 is 5.97 Å². The highest BCUT2D eigenvalue weighted by molar-refractivity contribution is 5.86. The fraction of sp³-hybridized carbons (Fsp3) is 0.467. The molecule has 0 radical (unpaired) electrons. The number of nitrogens with one attached hydrogen (secondary N) is 1. The molecule has 0 aliphatic heterocycles. The van der Waals surface area contributed by atoms with Gasteiger partial charge < -0.3 is 21.3 Å². The zero-order chi connectivity index (χ0) is 16.0. The maximum absolute atomic E-state index is 11.9. The van der Waals surface area contributed by atoms with E-state index in [1.807, 2.05) is 13.8 Å². The van der Waals surface area contributed by atoms with Crippen LogP contribution < -0.4 is 11.1 Å². The van der Waals surface area contributed by atoms with Gasteiger partial charge in [-0.25, -0.2) is 4.79 Å². The van der Waals surface area contributed by atoms with Gasteiger partial charge in [0.25, 0.3) is 5.91 Å². The minimum absolute atomic E-state index is 0.103. The van der Waals surface area contributed by atoms with Gasteiger partial charge in [-0.3, -0.25) is 4.79 Å². The summed E-state index contributed by atoms with van der Waals surface area (Å²) in [6.07, 6.45) is -1.21. The Morgan fingerprint density at radius 3 is 2.29 bits per heavy atom. The molecule has 0 fully saturated rings. The van der Waals surface area contributed by atoms with Crippen LogP contribution in [-0.4, -0.2) is 34.2 Å². The van der Waals surface area contributed by atoms with E-state index >= 15 is 0 Å². The molecule has 0 saturated heterocycles. The molecule has 6 heteroatoms. The van der Waals surface area contributed by atoms with Crippen molar-refractivity contribution < 1.29 is 19.8 Å². The van der Waals surface area contributed by atoms with Gasteiger partial charge in [-0.2, -0.15) is 0 Å². The van der Waals surface area contributed by atoms with Crippen molar-refractivity contribution in [2.75, 3.05) is 0 Å². The Morgan fingerprint density at radius 2 is 1.81 bits per heavy atom. The molecule has 0 aromatic heterocycles. The molecule has 0 spiro atoms. The second kappa shape index (κ2) is 7.75. The van der Waals surface area contributed by atoms with Gasteiger partial charge in [0, 0.05) is 0 Å². The Hall–Kier alpha value is -1.92. The van der Waals surface area contributed by atoms with Crippen LogP contribution in [0.3, 0.4) is 0 Å². The van der Waals surface area contributed by atoms with Crippen LogP contribution in [0.15, 0.2) is 30.3 Å². The molecule has 0 aliphatic carbocycles. The molecule has 0 saturated carbocycles. The van der Waals surface area contributed by atoms with Crippen molar-refractivity contribution in [3.05, 3.63) is 35.9 Å². The van der Waals surface area contributed by atoms with E-state index in [4.69, 9.17) is 10.8 Å². The zero-order valence-corrected chi connectivity index (χ0v) is 12.2. The smallest absolute Gasteiger partial charge is 0.326 e. The number of carbonyl (C=O) groups excluding carboxylic acids is 1. The molecule has 0 bridgehead atoms. The number of benzene rings is 1. The fourth-order valence-electron chi connectivity index (χ4n) is 1.97. The molecule has 0 heterocycles. The van der Waals surface area contributed by atoms with Crippen molar-refractivity contribution in [1.82, 2.24) is 5.32 Å². The molecule has 1 aromatic rings. The summed E-state index contributed by atoms with van der Waals surface area (Å²) >= 11 is 0. The van der Waals surface area contributed by atoms with Crippen molar-refractivity contribution in [3.8, 4) is 0 Å². The Kier molecular flexibility index (Phi) is 6.33. The van der Waals surface area contributed by atoms with Gasteiger partial charge in [-0.15, -0.1) is 0 Å². The number of carboxylic acid groups (broad SMARTS) is 1. The molecule has 116 valence electrons. The number of amides is 1. The second-order valence-electron chi connectivity index (χ2n) is 5.41. The van der Waals surface area contributed by atoms with E-state index in [9.17, 15) is 14.7 Å². The van der Waals surface area contributed by atoms with E-state index in [1.54, 1.807) is 30.3 Å². The lowest BCUT2D eigenvalue weighted by molar-refractivity contribution is -0.144. The van der Waals surface area contributed by atoms with Gasteiger partial charge in [0.05, 0.1) is 6.04 Å². The maximum atomic E-state index is 11.9. The number of rotatable bonds is 7. The van der Waals surface area contributed by atoms with Crippen LogP contribution in [0.25, 0.3) is 0 Å². The fourth-order valence-corrected chi connectivity index (χ4v) is 1.97. The highest BCUT2D eigenvalue weighted by atomic mass is 16.4. The molecule has 1 rings (SSSR count). The van der Waals surface area contributed by atoms with Crippen LogP contribution in [0, 0.1) is 5.92 Å². The summed E-state index contributed by atoms with van der Waals surface area (Å²) < 4.78 is 0. The first kappa shape index (κ1) is 17.1. The van der Waals surface area contributed by atoms with Gasteiger partial charge in [-0.05, 0) is 17.9 Å². The topological polar surface area (TPSA) is 113 Å². The van der Waals surface area contributed by atoms with Gasteiger partial charge in [-0.1, -0.05) is 44.2 Å². The van der Waals surface area contributed by atoms with E-state index in [0.29, 0.717) is 5.56 Å². The zero-order valence-electron chi connectivity index (χ0n) is 12.2. The minimum Gasteiger partial charge on any atom is -0.480 e. The molecular formula is C15H22N2O4. The highest BCUT2D eigenvalue weighted by Gasteiger charge is 2.28. The molecule has 1 amide bonds. The summed E-state index contributed by atoms with van der Waals surface area (Å²) in [5.41, 5.74) is 6.44. The number of hydrogen-bond donors (Lipinski definition) is 4. The number of aliphatic hydroxyl groups excluding tert-OH is 1. The first-order chi connectivity index (χ1) is 9.82. The molecule has 0 aliphatic rings. The Morgan fingerprint density at radius 1 is 1.24 bits per heavy atom. The van der Waals surface area contributed by atoms with Crippen LogP contribution in [0.1, 0.15) is 31.9 Å². The van der Waals surface area contributed by atoms with Gasteiger partial charge in [0.15, 0.2) is 6.10 Å². The molecule has 0 unspecified atom stereocenters. The minimum atomic E-state index is -1.50. The van der Waals surface area contributed by atoms with Crippen molar-refractivity contribution in [2.45, 2.75) is 38.5 Å². The summed E-state index contributed by atoms with van der Waals surface area (Å²) in [4.78, 5) is 23.1. The quantitative estimate of drug-likeness (QED) is 0.590. The average Bonchev–Trinajstić information content (AvgIpc) is 2.45. The highest BCUT2D eigenvalue weighted by Crippen LogP contribution is 2.14. The van der Waals surface area contributed by atoms with Crippen LogP contribution in [-0.2, 0) is 9.59 Å². The predicted octanol–water partition coefficient (Wildman–Crippen LogP) is 0.663. The Labute approximate surface area is 124 Å². The summed E-state index contributed by atoms with van der Waals surface area (Å²) in [5, 5.41) is 21.4. The van der Waals surface area contributed by atoms with E-state index in [2.05, 4.69) is 5.32 Å². The third-order valence-electron chi connectivity index (χ3n) is 3.11. The summed E-state index contributed by atoms with van der Waals surface area (Å²) in [7, 11) is 0. The van der Waals surface area contributed by atoms with Crippen LogP contribution >= 0.6 is 0 Å². The third kappa shape index (κ3) is 5.17. The number of aliphatic hydroxyl groups is 1. The van der Waals surface area contributed by atoms with E-state index in [1.165, 1.54) is 0 Å². The molecule has 1 aromatic carbocycles. The molecule has 5 N–H and O–H groups in total. The van der Waals surface area contributed by atoms with Crippen LogP contribution in [0.5, 0.6) is 0 Å². The van der Waals surface area contributed by atoms with Crippen molar-refractivity contribution in [1.29, 1.82) is 0 Å². The second-order valence-corrected chi connectivity index (χ2v) is 5.41. The summed E-state index contributed by atoms with van der Waals surface area (Å²) in [6.45, 7) is 3.71. The predicted molar refractivity (Wildman–Crippen MR) is 78.4 cm³/mol. The van der Waals surface area contributed by atoms with Gasteiger partial charge in [0.1, 0.15) is 6.04 Å². The van der Waals surface area contributed by atoms with Crippen molar-refractivity contribution in [3.63, 3.8) is 0 Å². The lowest BCUT2D eigenvalue weighted by Gasteiger charge is -2.22. The molecular weight excluding hydrogens is 272 g/mol. The summed E-state index contributed by atoms with van der Waals surface area (Å²) in [5.74, 6) is -1.80. The first-order valence-corrected chi connectivity index (χ1v) is 6.84. The normalized spacial score (nSPS) is 15.3. The lowest BCUT2D eigenvalue weighted by atomic mass is 10.00. The SMILES string of the molecule is CC(C)C[C@H](NC(=O)[C@@H](O)[C@H](N)c1ccccc1)C(=O)O. The van der Waals surface area contributed by atoms with Crippen molar-refractivity contribution >= 4 is 11.9 Å². The maximum Gasteiger partial charge on any atom is 0.326 e. The van der Waals surface area contributed by atoms with Crippen LogP contribution in [0.2, 0.25) is 0 Å². The number of nitrogens with two attached hydrogens (primary N) is 1. The molecule has 6 nitrogen and oxygen atoms in total.